The maximum atomic E-state index is 11.7. The van der Waals surface area contributed by atoms with E-state index >= 15 is 0 Å². The third-order valence-electron chi connectivity index (χ3n) is 3.01. The van der Waals surface area contributed by atoms with Crippen LogP contribution in [0.15, 0.2) is 60.7 Å². The molecule has 0 aliphatic carbocycles. The van der Waals surface area contributed by atoms with Crippen molar-refractivity contribution in [2.75, 3.05) is 0 Å². The van der Waals surface area contributed by atoms with Crippen LogP contribution in [0, 0.1) is 0 Å². The van der Waals surface area contributed by atoms with Crippen molar-refractivity contribution in [3.05, 3.63) is 71.8 Å². The quantitative estimate of drug-likeness (QED) is 0.634. The van der Waals surface area contributed by atoms with Crippen LogP contribution in [0.2, 0.25) is 0 Å². The van der Waals surface area contributed by atoms with E-state index in [4.69, 9.17) is 0 Å². The second kappa shape index (κ2) is 7.75. The first-order valence-corrected chi connectivity index (χ1v) is 7.03. The number of aromatic hydroxyl groups is 2. The molecule has 0 fully saturated rings. The summed E-state index contributed by atoms with van der Waals surface area (Å²) in [7, 11) is 0. The van der Waals surface area contributed by atoms with Crippen molar-refractivity contribution >= 4 is 23.7 Å². The number of rotatable bonds is 6. The fourth-order valence-electron chi connectivity index (χ4n) is 1.92. The Hall–Kier alpha value is -3.14. The molecule has 0 aliphatic heterocycles. The highest BCUT2D eigenvalue weighted by atomic mass is 16.3. The minimum Gasteiger partial charge on any atom is -0.508 e. The third-order valence-corrected chi connectivity index (χ3v) is 3.01. The largest absolute Gasteiger partial charge is 0.508 e. The van der Waals surface area contributed by atoms with Crippen molar-refractivity contribution in [3.8, 4) is 11.5 Å². The molecule has 2 N–H and O–H groups in total. The lowest BCUT2D eigenvalue weighted by atomic mass is 10.1. The van der Waals surface area contributed by atoms with Crippen LogP contribution in [0.3, 0.4) is 0 Å². The van der Waals surface area contributed by atoms with Gasteiger partial charge in [-0.2, -0.15) is 0 Å². The molecule has 4 heteroatoms. The van der Waals surface area contributed by atoms with E-state index in [0.29, 0.717) is 11.1 Å². The SMILES string of the molecule is O=C(C=Cc1cccc(O)c1)CC(=O)C=Cc1cccc(O)c1. The van der Waals surface area contributed by atoms with Crippen molar-refractivity contribution in [1.29, 1.82) is 0 Å². The molecule has 0 heterocycles. The molecule has 0 spiro atoms. The molecular formula is C19H16O4. The maximum Gasteiger partial charge on any atom is 0.163 e. The molecule has 0 saturated carbocycles. The number of ketones is 2. The smallest absolute Gasteiger partial charge is 0.163 e. The monoisotopic (exact) mass is 308 g/mol. The summed E-state index contributed by atoms with van der Waals surface area (Å²) in [6, 6.07) is 12.9. The van der Waals surface area contributed by atoms with Gasteiger partial charge in [0.25, 0.3) is 0 Å². The molecule has 2 aromatic rings. The molecule has 2 rings (SSSR count). The Kier molecular flexibility index (Phi) is 5.47. The van der Waals surface area contributed by atoms with E-state index in [1.807, 2.05) is 0 Å². The molecule has 0 radical (unpaired) electrons. The average Bonchev–Trinajstić information content (AvgIpc) is 2.51. The molecule has 0 unspecified atom stereocenters. The van der Waals surface area contributed by atoms with E-state index in [-0.39, 0.29) is 29.5 Å². The number of allylic oxidation sites excluding steroid dienone is 2. The van der Waals surface area contributed by atoms with Gasteiger partial charge in [-0.15, -0.1) is 0 Å². The first-order valence-electron chi connectivity index (χ1n) is 7.03. The second-order valence-corrected chi connectivity index (χ2v) is 4.97. The fourth-order valence-corrected chi connectivity index (χ4v) is 1.92. The molecule has 0 bridgehead atoms. The van der Waals surface area contributed by atoms with Crippen molar-refractivity contribution in [2.45, 2.75) is 6.42 Å². The summed E-state index contributed by atoms with van der Waals surface area (Å²) in [5.74, 6) is -0.410. The summed E-state index contributed by atoms with van der Waals surface area (Å²) in [6.45, 7) is 0. The summed E-state index contributed by atoms with van der Waals surface area (Å²) in [4.78, 5) is 23.5. The van der Waals surface area contributed by atoms with E-state index in [9.17, 15) is 19.8 Å². The average molecular weight is 308 g/mol. The molecule has 116 valence electrons. The zero-order chi connectivity index (χ0) is 16.7. The topological polar surface area (TPSA) is 74.6 Å². The van der Waals surface area contributed by atoms with E-state index in [1.54, 1.807) is 36.4 Å². The fraction of sp³-hybridized carbons (Fsp3) is 0.0526. The highest BCUT2D eigenvalue weighted by Gasteiger charge is 2.03. The summed E-state index contributed by atoms with van der Waals surface area (Å²) >= 11 is 0. The van der Waals surface area contributed by atoms with Gasteiger partial charge in [-0.1, -0.05) is 36.4 Å². The molecule has 0 saturated heterocycles. The summed E-state index contributed by atoms with van der Waals surface area (Å²) < 4.78 is 0. The molecule has 0 amide bonds. The van der Waals surface area contributed by atoms with Gasteiger partial charge in [0.15, 0.2) is 11.6 Å². The first kappa shape index (κ1) is 16.2. The van der Waals surface area contributed by atoms with Gasteiger partial charge in [0.1, 0.15) is 11.5 Å². The minimum atomic E-state index is -0.320. The maximum absolute atomic E-state index is 11.7. The number of phenols is 2. The Bertz CT molecular complexity index is 707. The molecule has 0 aliphatic rings. The summed E-state index contributed by atoms with van der Waals surface area (Å²) in [5, 5.41) is 18.6. The molecule has 2 aromatic carbocycles. The Morgan fingerprint density at radius 2 is 1.22 bits per heavy atom. The highest BCUT2D eigenvalue weighted by molar-refractivity contribution is 6.10. The Labute approximate surface area is 134 Å². The predicted octanol–water partition coefficient (Wildman–Crippen LogP) is 3.35. The van der Waals surface area contributed by atoms with Crippen molar-refractivity contribution in [2.24, 2.45) is 0 Å². The van der Waals surface area contributed by atoms with Gasteiger partial charge in [0.05, 0.1) is 6.42 Å². The third kappa shape index (κ3) is 5.63. The Balaban J connectivity index is 1.91. The van der Waals surface area contributed by atoms with Crippen LogP contribution in [-0.4, -0.2) is 21.8 Å². The van der Waals surface area contributed by atoms with Gasteiger partial charge in [-0.3, -0.25) is 9.59 Å². The number of benzene rings is 2. The van der Waals surface area contributed by atoms with E-state index in [1.165, 1.54) is 36.4 Å². The summed E-state index contributed by atoms with van der Waals surface area (Å²) in [5.41, 5.74) is 1.36. The molecule has 4 nitrogen and oxygen atoms in total. The number of hydrogen-bond donors (Lipinski definition) is 2. The van der Waals surface area contributed by atoms with Crippen LogP contribution in [0.4, 0.5) is 0 Å². The van der Waals surface area contributed by atoms with Crippen LogP contribution in [0.5, 0.6) is 11.5 Å². The molecular weight excluding hydrogens is 292 g/mol. The van der Waals surface area contributed by atoms with Crippen LogP contribution >= 0.6 is 0 Å². The second-order valence-electron chi connectivity index (χ2n) is 4.97. The van der Waals surface area contributed by atoms with E-state index < -0.39 is 0 Å². The van der Waals surface area contributed by atoms with Gasteiger partial charge >= 0.3 is 0 Å². The molecule has 0 aromatic heterocycles. The molecule has 23 heavy (non-hydrogen) atoms. The normalized spacial score (nSPS) is 11.1. The molecule has 0 atom stereocenters. The van der Waals surface area contributed by atoms with Gasteiger partial charge in [-0.05, 0) is 47.5 Å². The van der Waals surface area contributed by atoms with Crippen LogP contribution in [-0.2, 0) is 9.59 Å². The van der Waals surface area contributed by atoms with Gasteiger partial charge in [0, 0.05) is 0 Å². The number of carbonyl (C=O) groups excluding carboxylic acids is 2. The van der Waals surface area contributed by atoms with Crippen LogP contribution in [0.1, 0.15) is 17.5 Å². The van der Waals surface area contributed by atoms with E-state index in [0.717, 1.165) is 0 Å². The van der Waals surface area contributed by atoms with E-state index in [2.05, 4.69) is 0 Å². The zero-order valence-corrected chi connectivity index (χ0v) is 12.3. The van der Waals surface area contributed by atoms with Crippen molar-refractivity contribution in [3.63, 3.8) is 0 Å². The van der Waals surface area contributed by atoms with Gasteiger partial charge in [0.2, 0.25) is 0 Å². The first-order chi connectivity index (χ1) is 11.0. The zero-order valence-electron chi connectivity index (χ0n) is 12.3. The van der Waals surface area contributed by atoms with Gasteiger partial charge in [-0.25, -0.2) is 0 Å². The number of phenolic OH excluding ortho intramolecular Hbond substituents is 2. The highest BCUT2D eigenvalue weighted by Crippen LogP contribution is 2.13. The van der Waals surface area contributed by atoms with Crippen molar-refractivity contribution < 1.29 is 19.8 Å². The summed E-state index contributed by atoms with van der Waals surface area (Å²) in [6.07, 6.45) is 5.50. The standard InChI is InChI=1S/C19H16O4/c20-16-5-1-3-14(11-16)7-9-18(22)13-19(23)10-8-15-4-2-6-17(21)12-15/h1-12,20-21H,13H2. The number of hydrogen-bond acceptors (Lipinski definition) is 4. The van der Waals surface area contributed by atoms with Gasteiger partial charge < -0.3 is 10.2 Å². The minimum absolute atomic E-state index is 0.115. The Morgan fingerprint density at radius 1 is 0.783 bits per heavy atom. The lowest BCUT2D eigenvalue weighted by Crippen LogP contribution is -2.01. The lowest BCUT2D eigenvalue weighted by molar-refractivity contribution is -0.121. The predicted molar refractivity (Wildman–Crippen MR) is 88.9 cm³/mol. The van der Waals surface area contributed by atoms with Crippen molar-refractivity contribution in [1.82, 2.24) is 0 Å². The van der Waals surface area contributed by atoms with Crippen LogP contribution < -0.4 is 0 Å². The number of carbonyl (C=O) groups is 2. The lowest BCUT2D eigenvalue weighted by Gasteiger charge is -1.96. The Morgan fingerprint density at radius 3 is 1.61 bits per heavy atom. The van der Waals surface area contributed by atoms with Crippen LogP contribution in [0.25, 0.3) is 12.2 Å².